The van der Waals surface area contributed by atoms with Crippen LogP contribution in [0.4, 0.5) is 0 Å². The van der Waals surface area contributed by atoms with Crippen LogP contribution in [0, 0.1) is 0 Å². The molecule has 2 fully saturated rings. The number of benzene rings is 1. The van der Waals surface area contributed by atoms with E-state index in [2.05, 4.69) is 15.1 Å². The number of hydrogen-bond acceptors (Lipinski definition) is 4. The number of aromatic carboxylic acids is 1. The summed E-state index contributed by atoms with van der Waals surface area (Å²) >= 11 is 0. The molecule has 1 heterocycles. The number of carboxylic acid groups (broad SMARTS) is 1. The second-order valence-corrected chi connectivity index (χ2v) is 6.77. The van der Waals surface area contributed by atoms with E-state index in [1.807, 2.05) is 19.1 Å². The van der Waals surface area contributed by atoms with Crippen molar-refractivity contribution in [3.05, 3.63) is 35.4 Å². The summed E-state index contributed by atoms with van der Waals surface area (Å²) in [5.74, 6) is -0.746. The predicted molar refractivity (Wildman–Crippen MR) is 90.9 cm³/mol. The van der Waals surface area contributed by atoms with Gasteiger partial charge in [-0.3, -0.25) is 14.6 Å². The van der Waals surface area contributed by atoms with Gasteiger partial charge in [0.05, 0.1) is 11.6 Å². The van der Waals surface area contributed by atoms with Crippen LogP contribution in [0.1, 0.15) is 35.7 Å². The summed E-state index contributed by atoms with van der Waals surface area (Å²) < 4.78 is 0. The zero-order valence-corrected chi connectivity index (χ0v) is 14.1. The van der Waals surface area contributed by atoms with Crippen LogP contribution < -0.4 is 5.32 Å². The van der Waals surface area contributed by atoms with E-state index in [0.29, 0.717) is 11.6 Å². The molecule has 1 saturated carbocycles. The highest BCUT2D eigenvalue weighted by molar-refractivity contribution is 5.87. The summed E-state index contributed by atoms with van der Waals surface area (Å²) in [6.07, 6.45) is 2.24. The van der Waals surface area contributed by atoms with Crippen molar-refractivity contribution in [1.82, 2.24) is 15.1 Å². The Balaban J connectivity index is 1.46. The van der Waals surface area contributed by atoms with E-state index in [0.717, 1.165) is 51.1 Å². The highest BCUT2D eigenvalue weighted by atomic mass is 16.4. The summed E-state index contributed by atoms with van der Waals surface area (Å²) in [7, 11) is 0. The average Bonchev–Trinajstić information content (AvgIpc) is 3.39. The zero-order chi connectivity index (χ0) is 17.1. The van der Waals surface area contributed by atoms with E-state index in [-0.39, 0.29) is 11.9 Å². The largest absolute Gasteiger partial charge is 0.478 e. The molecular weight excluding hydrogens is 306 g/mol. The Bertz CT molecular complexity index is 590. The Hall–Kier alpha value is -1.92. The SMILES string of the molecule is CC(C(=O)NC1CC1)N1CCN(Cc2ccc(C(=O)O)cc2)CC1. The standard InChI is InChI=1S/C18H25N3O3/c1-13(17(22)19-16-6-7-16)21-10-8-20(9-11-21)12-14-2-4-15(5-3-14)18(23)24/h2-5,13,16H,6-12H2,1H3,(H,19,22)(H,23,24). The smallest absolute Gasteiger partial charge is 0.335 e. The first-order chi connectivity index (χ1) is 11.5. The van der Waals surface area contributed by atoms with Gasteiger partial charge >= 0.3 is 5.97 Å². The Morgan fingerprint density at radius 3 is 2.33 bits per heavy atom. The number of carbonyl (C=O) groups excluding carboxylic acids is 1. The maximum atomic E-state index is 12.1. The van der Waals surface area contributed by atoms with Crippen molar-refractivity contribution in [2.45, 2.75) is 38.4 Å². The van der Waals surface area contributed by atoms with Gasteiger partial charge in [0.25, 0.3) is 0 Å². The van der Waals surface area contributed by atoms with Crippen LogP contribution in [0.15, 0.2) is 24.3 Å². The molecule has 1 saturated heterocycles. The molecule has 1 aromatic carbocycles. The van der Waals surface area contributed by atoms with Crippen molar-refractivity contribution in [3.8, 4) is 0 Å². The van der Waals surface area contributed by atoms with Crippen LogP contribution in [0.5, 0.6) is 0 Å². The van der Waals surface area contributed by atoms with Crippen LogP contribution in [-0.2, 0) is 11.3 Å². The third-order valence-electron chi connectivity index (χ3n) is 4.86. The van der Waals surface area contributed by atoms with Crippen molar-refractivity contribution in [2.75, 3.05) is 26.2 Å². The second kappa shape index (κ2) is 7.32. The molecule has 0 spiro atoms. The van der Waals surface area contributed by atoms with Crippen LogP contribution in [0.2, 0.25) is 0 Å². The lowest BCUT2D eigenvalue weighted by Crippen LogP contribution is -2.53. The number of amides is 1. The first kappa shape index (κ1) is 16.9. The van der Waals surface area contributed by atoms with Gasteiger partial charge in [0.2, 0.25) is 5.91 Å². The highest BCUT2D eigenvalue weighted by Gasteiger charge is 2.29. The molecule has 1 aromatic rings. The molecular formula is C18H25N3O3. The maximum absolute atomic E-state index is 12.1. The molecule has 2 aliphatic rings. The van der Waals surface area contributed by atoms with Gasteiger partial charge in [0.1, 0.15) is 0 Å². The Kier molecular flexibility index (Phi) is 5.16. The average molecular weight is 331 g/mol. The number of carbonyl (C=O) groups is 2. The van der Waals surface area contributed by atoms with Gasteiger partial charge in [-0.15, -0.1) is 0 Å². The van der Waals surface area contributed by atoms with Crippen LogP contribution >= 0.6 is 0 Å². The number of piperazine rings is 1. The van der Waals surface area contributed by atoms with Crippen molar-refractivity contribution in [3.63, 3.8) is 0 Å². The van der Waals surface area contributed by atoms with E-state index < -0.39 is 5.97 Å². The molecule has 130 valence electrons. The van der Waals surface area contributed by atoms with Gasteiger partial charge in [-0.1, -0.05) is 12.1 Å². The van der Waals surface area contributed by atoms with E-state index in [9.17, 15) is 9.59 Å². The monoisotopic (exact) mass is 331 g/mol. The minimum Gasteiger partial charge on any atom is -0.478 e. The molecule has 1 aliphatic heterocycles. The molecule has 2 N–H and O–H groups in total. The molecule has 1 amide bonds. The third-order valence-corrected chi connectivity index (χ3v) is 4.86. The molecule has 0 aromatic heterocycles. The fraction of sp³-hybridized carbons (Fsp3) is 0.556. The van der Waals surface area contributed by atoms with Crippen molar-refractivity contribution in [2.24, 2.45) is 0 Å². The summed E-state index contributed by atoms with van der Waals surface area (Å²) in [4.78, 5) is 27.6. The molecule has 3 rings (SSSR count). The van der Waals surface area contributed by atoms with E-state index in [1.165, 1.54) is 0 Å². The minimum absolute atomic E-state index is 0.0670. The van der Waals surface area contributed by atoms with E-state index in [4.69, 9.17) is 5.11 Å². The molecule has 24 heavy (non-hydrogen) atoms. The van der Waals surface area contributed by atoms with Gasteiger partial charge in [-0.05, 0) is 37.5 Å². The Morgan fingerprint density at radius 2 is 1.79 bits per heavy atom. The second-order valence-electron chi connectivity index (χ2n) is 6.77. The molecule has 1 atom stereocenters. The molecule has 6 nitrogen and oxygen atoms in total. The third kappa shape index (κ3) is 4.33. The highest BCUT2D eigenvalue weighted by Crippen LogP contribution is 2.19. The predicted octanol–water partition coefficient (Wildman–Crippen LogP) is 1.17. The lowest BCUT2D eigenvalue weighted by atomic mass is 10.1. The summed E-state index contributed by atoms with van der Waals surface area (Å²) in [5, 5.41) is 12.0. The lowest BCUT2D eigenvalue weighted by molar-refractivity contribution is -0.126. The van der Waals surface area contributed by atoms with Gasteiger partial charge in [0, 0.05) is 38.8 Å². The Morgan fingerprint density at radius 1 is 1.17 bits per heavy atom. The normalized spacial score (nSPS) is 20.5. The Labute approximate surface area is 142 Å². The fourth-order valence-electron chi connectivity index (χ4n) is 3.03. The number of hydrogen-bond donors (Lipinski definition) is 2. The van der Waals surface area contributed by atoms with E-state index >= 15 is 0 Å². The van der Waals surface area contributed by atoms with Crippen LogP contribution in [-0.4, -0.2) is 65.0 Å². The number of rotatable bonds is 6. The van der Waals surface area contributed by atoms with E-state index in [1.54, 1.807) is 12.1 Å². The minimum atomic E-state index is -0.895. The number of nitrogens with zero attached hydrogens (tertiary/aromatic N) is 2. The van der Waals surface area contributed by atoms with Gasteiger partial charge in [-0.2, -0.15) is 0 Å². The fourth-order valence-corrected chi connectivity index (χ4v) is 3.03. The number of nitrogens with one attached hydrogen (secondary N) is 1. The summed E-state index contributed by atoms with van der Waals surface area (Å²) in [6, 6.07) is 7.40. The number of carboxylic acids is 1. The summed E-state index contributed by atoms with van der Waals surface area (Å²) in [6.45, 7) is 6.40. The molecule has 1 unspecified atom stereocenters. The molecule has 1 aliphatic carbocycles. The van der Waals surface area contributed by atoms with Crippen molar-refractivity contribution < 1.29 is 14.7 Å². The van der Waals surface area contributed by atoms with Crippen LogP contribution in [0.25, 0.3) is 0 Å². The first-order valence-electron chi connectivity index (χ1n) is 8.62. The first-order valence-corrected chi connectivity index (χ1v) is 8.62. The van der Waals surface area contributed by atoms with Gasteiger partial charge in [-0.25, -0.2) is 4.79 Å². The van der Waals surface area contributed by atoms with Gasteiger partial charge < -0.3 is 10.4 Å². The van der Waals surface area contributed by atoms with Crippen molar-refractivity contribution in [1.29, 1.82) is 0 Å². The zero-order valence-electron chi connectivity index (χ0n) is 14.1. The molecule has 0 radical (unpaired) electrons. The van der Waals surface area contributed by atoms with Crippen LogP contribution in [0.3, 0.4) is 0 Å². The quantitative estimate of drug-likeness (QED) is 0.819. The maximum Gasteiger partial charge on any atom is 0.335 e. The molecule has 6 heteroatoms. The molecule has 0 bridgehead atoms. The lowest BCUT2D eigenvalue weighted by Gasteiger charge is -2.37. The van der Waals surface area contributed by atoms with Crippen molar-refractivity contribution >= 4 is 11.9 Å². The summed E-state index contributed by atoms with van der Waals surface area (Å²) in [5.41, 5.74) is 1.44. The van der Waals surface area contributed by atoms with Gasteiger partial charge in [0.15, 0.2) is 0 Å². The topological polar surface area (TPSA) is 72.9 Å².